The maximum atomic E-state index is 11.2. The second-order valence-corrected chi connectivity index (χ2v) is 4.54. The zero-order valence-electron chi connectivity index (χ0n) is 9.77. The lowest BCUT2D eigenvalue weighted by Crippen LogP contribution is -2.00. The van der Waals surface area contributed by atoms with E-state index in [1.165, 1.54) is 7.11 Å². The van der Waals surface area contributed by atoms with E-state index in [2.05, 4.69) is 26.0 Å². The molecule has 0 saturated heterocycles. The van der Waals surface area contributed by atoms with E-state index in [-0.39, 0.29) is 5.76 Å². The first kappa shape index (κ1) is 12.7. The summed E-state index contributed by atoms with van der Waals surface area (Å²) in [7, 11) is 1.32. The maximum absolute atomic E-state index is 11.2. The molecular formula is C13H12BrNO3. The molecule has 1 heterocycles. The van der Waals surface area contributed by atoms with Gasteiger partial charge in [0.2, 0.25) is 5.76 Å². The van der Waals surface area contributed by atoms with Gasteiger partial charge in [-0.2, -0.15) is 0 Å². The van der Waals surface area contributed by atoms with Gasteiger partial charge in [0.15, 0.2) is 0 Å². The lowest BCUT2D eigenvalue weighted by atomic mass is 10.3. The topological polar surface area (TPSA) is 51.5 Å². The smallest absolute Gasteiger partial charge is 0.373 e. The number of anilines is 1. The third kappa shape index (κ3) is 3.13. The Balaban J connectivity index is 1.98. The Morgan fingerprint density at radius 3 is 2.94 bits per heavy atom. The summed E-state index contributed by atoms with van der Waals surface area (Å²) in [6, 6.07) is 11.2. The fraction of sp³-hybridized carbons (Fsp3) is 0.154. The van der Waals surface area contributed by atoms with Crippen molar-refractivity contribution in [1.29, 1.82) is 0 Å². The number of nitrogens with one attached hydrogen (secondary N) is 1. The van der Waals surface area contributed by atoms with Crippen molar-refractivity contribution in [3.05, 3.63) is 52.4 Å². The van der Waals surface area contributed by atoms with Crippen LogP contribution >= 0.6 is 15.9 Å². The van der Waals surface area contributed by atoms with Crippen LogP contribution in [0.2, 0.25) is 0 Å². The minimum Gasteiger partial charge on any atom is -0.463 e. The normalized spacial score (nSPS) is 10.1. The highest BCUT2D eigenvalue weighted by Crippen LogP contribution is 2.17. The van der Waals surface area contributed by atoms with Gasteiger partial charge in [0.1, 0.15) is 5.76 Å². The Bertz CT molecular complexity index is 551. The molecule has 18 heavy (non-hydrogen) atoms. The number of furan rings is 1. The summed E-state index contributed by atoms with van der Waals surface area (Å²) in [5.74, 6) is 0.419. The zero-order chi connectivity index (χ0) is 13.0. The summed E-state index contributed by atoms with van der Waals surface area (Å²) >= 11 is 3.40. The molecule has 94 valence electrons. The van der Waals surface area contributed by atoms with Crippen LogP contribution < -0.4 is 5.32 Å². The number of ether oxygens (including phenoxy) is 1. The number of methoxy groups -OCH3 is 1. The molecule has 0 spiro atoms. The van der Waals surface area contributed by atoms with Gasteiger partial charge in [-0.25, -0.2) is 4.79 Å². The average molecular weight is 310 g/mol. The van der Waals surface area contributed by atoms with Crippen LogP contribution in [0.15, 0.2) is 45.3 Å². The van der Waals surface area contributed by atoms with Crippen LogP contribution in [-0.2, 0) is 11.3 Å². The van der Waals surface area contributed by atoms with Crippen LogP contribution in [0, 0.1) is 0 Å². The lowest BCUT2D eigenvalue weighted by Gasteiger charge is -2.04. The van der Waals surface area contributed by atoms with Crippen LogP contribution in [0.1, 0.15) is 16.3 Å². The van der Waals surface area contributed by atoms with Crippen molar-refractivity contribution in [2.24, 2.45) is 0 Å². The standard InChI is InChI=1S/C13H12BrNO3/c1-17-13(16)12-6-5-11(18-12)8-15-10-4-2-3-9(14)7-10/h2-7,15H,8H2,1H3. The molecule has 0 aliphatic carbocycles. The predicted octanol–water partition coefficient (Wildman–Crippen LogP) is 3.44. The Hall–Kier alpha value is -1.75. The number of rotatable bonds is 4. The molecule has 0 atom stereocenters. The van der Waals surface area contributed by atoms with Gasteiger partial charge in [-0.15, -0.1) is 0 Å². The van der Waals surface area contributed by atoms with E-state index in [1.807, 2.05) is 24.3 Å². The summed E-state index contributed by atoms with van der Waals surface area (Å²) in [5.41, 5.74) is 0.973. The van der Waals surface area contributed by atoms with Gasteiger partial charge in [-0.05, 0) is 30.3 Å². The lowest BCUT2D eigenvalue weighted by molar-refractivity contribution is 0.0563. The molecule has 0 aliphatic rings. The molecule has 4 nitrogen and oxygen atoms in total. The van der Waals surface area contributed by atoms with E-state index in [9.17, 15) is 4.79 Å². The fourth-order valence-electron chi connectivity index (χ4n) is 1.47. The molecule has 5 heteroatoms. The van der Waals surface area contributed by atoms with Crippen molar-refractivity contribution in [3.8, 4) is 0 Å². The first-order valence-corrected chi connectivity index (χ1v) is 6.15. The van der Waals surface area contributed by atoms with Gasteiger partial charge < -0.3 is 14.5 Å². The average Bonchev–Trinajstić information content (AvgIpc) is 2.84. The van der Waals surface area contributed by atoms with Gasteiger partial charge >= 0.3 is 5.97 Å². The van der Waals surface area contributed by atoms with E-state index in [0.717, 1.165) is 10.2 Å². The molecule has 1 aromatic carbocycles. The number of hydrogen-bond acceptors (Lipinski definition) is 4. The highest BCUT2D eigenvalue weighted by molar-refractivity contribution is 9.10. The molecule has 1 aromatic heterocycles. The van der Waals surface area contributed by atoms with Gasteiger partial charge in [0.05, 0.1) is 13.7 Å². The first-order chi connectivity index (χ1) is 8.69. The molecule has 2 aromatic rings. The first-order valence-electron chi connectivity index (χ1n) is 5.35. The number of carbonyl (C=O) groups is 1. The minimum atomic E-state index is -0.469. The van der Waals surface area contributed by atoms with Crippen LogP contribution in [0.4, 0.5) is 5.69 Å². The fourth-order valence-corrected chi connectivity index (χ4v) is 1.87. The van der Waals surface area contributed by atoms with Crippen molar-refractivity contribution in [3.63, 3.8) is 0 Å². The largest absolute Gasteiger partial charge is 0.463 e. The number of esters is 1. The molecule has 0 aliphatic heterocycles. The van der Waals surface area contributed by atoms with E-state index < -0.39 is 5.97 Å². The summed E-state index contributed by atoms with van der Waals surface area (Å²) < 4.78 is 10.9. The molecule has 0 bridgehead atoms. The maximum Gasteiger partial charge on any atom is 0.373 e. The van der Waals surface area contributed by atoms with Crippen molar-refractivity contribution in [1.82, 2.24) is 0 Å². The molecule has 0 saturated carbocycles. The number of halogens is 1. The summed E-state index contributed by atoms with van der Waals surface area (Å²) in [4.78, 5) is 11.2. The van der Waals surface area contributed by atoms with Gasteiger partial charge in [-0.3, -0.25) is 0 Å². The molecule has 2 rings (SSSR count). The molecule has 1 N–H and O–H groups in total. The van der Waals surface area contributed by atoms with Crippen molar-refractivity contribution >= 4 is 27.6 Å². The Morgan fingerprint density at radius 1 is 1.39 bits per heavy atom. The predicted molar refractivity (Wildman–Crippen MR) is 71.5 cm³/mol. The summed E-state index contributed by atoms with van der Waals surface area (Å²) in [6.07, 6.45) is 0. The minimum absolute atomic E-state index is 0.212. The second-order valence-electron chi connectivity index (χ2n) is 3.62. The van der Waals surface area contributed by atoms with Gasteiger partial charge in [0, 0.05) is 10.2 Å². The van der Waals surface area contributed by atoms with Crippen LogP contribution in [0.25, 0.3) is 0 Å². The van der Waals surface area contributed by atoms with E-state index in [4.69, 9.17) is 4.42 Å². The van der Waals surface area contributed by atoms with Gasteiger partial charge in [-0.1, -0.05) is 22.0 Å². The third-order valence-corrected chi connectivity index (χ3v) is 2.83. The van der Waals surface area contributed by atoms with Gasteiger partial charge in [0.25, 0.3) is 0 Å². The van der Waals surface area contributed by atoms with Crippen LogP contribution in [0.3, 0.4) is 0 Å². The molecule has 0 amide bonds. The van der Waals surface area contributed by atoms with E-state index in [0.29, 0.717) is 12.3 Å². The summed E-state index contributed by atoms with van der Waals surface area (Å²) in [6.45, 7) is 0.507. The Labute approximate surface area is 113 Å². The molecule has 0 fully saturated rings. The SMILES string of the molecule is COC(=O)c1ccc(CNc2cccc(Br)c2)o1. The molecule has 0 radical (unpaired) electrons. The highest BCUT2D eigenvalue weighted by Gasteiger charge is 2.10. The molecule has 0 unspecified atom stereocenters. The second kappa shape index (κ2) is 5.73. The van der Waals surface area contributed by atoms with E-state index in [1.54, 1.807) is 12.1 Å². The zero-order valence-corrected chi connectivity index (χ0v) is 11.4. The Morgan fingerprint density at radius 2 is 2.22 bits per heavy atom. The number of benzene rings is 1. The highest BCUT2D eigenvalue weighted by atomic mass is 79.9. The van der Waals surface area contributed by atoms with Crippen LogP contribution in [0.5, 0.6) is 0 Å². The quantitative estimate of drug-likeness (QED) is 0.879. The van der Waals surface area contributed by atoms with E-state index >= 15 is 0 Å². The van der Waals surface area contributed by atoms with Crippen molar-refractivity contribution in [2.75, 3.05) is 12.4 Å². The third-order valence-electron chi connectivity index (χ3n) is 2.34. The number of carbonyl (C=O) groups excluding carboxylic acids is 1. The van der Waals surface area contributed by atoms with Crippen molar-refractivity contribution in [2.45, 2.75) is 6.54 Å². The van der Waals surface area contributed by atoms with Crippen molar-refractivity contribution < 1.29 is 13.9 Å². The number of hydrogen-bond donors (Lipinski definition) is 1. The monoisotopic (exact) mass is 309 g/mol. The van der Waals surface area contributed by atoms with Crippen LogP contribution in [-0.4, -0.2) is 13.1 Å². The molecular weight excluding hydrogens is 298 g/mol. The summed E-state index contributed by atoms with van der Waals surface area (Å²) in [5, 5.41) is 3.20. The Kier molecular flexibility index (Phi) is 4.04.